The molecule has 1 heterocycles. The normalized spacial score (nSPS) is 16.1. The molecule has 1 aromatic carbocycles. The van der Waals surface area contributed by atoms with E-state index in [4.69, 9.17) is 14.2 Å². The minimum absolute atomic E-state index is 0.151. The Morgan fingerprint density at radius 2 is 2.04 bits per heavy atom. The van der Waals surface area contributed by atoms with Crippen molar-refractivity contribution >= 4 is 33.9 Å². The lowest BCUT2D eigenvalue weighted by Gasteiger charge is -2.26. The lowest BCUT2D eigenvalue weighted by atomic mass is 10.0. The Hall–Kier alpha value is -2.55. The summed E-state index contributed by atoms with van der Waals surface area (Å²) in [4.78, 5) is 35.7. The van der Waals surface area contributed by atoms with Crippen LogP contribution in [0.4, 0.5) is 4.79 Å². The van der Waals surface area contributed by atoms with Gasteiger partial charge in [0, 0.05) is 10.9 Å². The highest BCUT2D eigenvalue weighted by molar-refractivity contribution is 9.10. The van der Waals surface area contributed by atoms with Gasteiger partial charge in [-0.05, 0) is 38.5 Å². The maximum atomic E-state index is 12.1. The predicted octanol–water partition coefficient (Wildman–Crippen LogP) is 2.67. The van der Waals surface area contributed by atoms with Crippen molar-refractivity contribution < 1.29 is 28.6 Å². The molecule has 1 aliphatic rings. The first-order chi connectivity index (χ1) is 13.4. The summed E-state index contributed by atoms with van der Waals surface area (Å²) < 4.78 is 16.7. The van der Waals surface area contributed by atoms with Crippen LogP contribution in [0.25, 0.3) is 0 Å². The van der Waals surface area contributed by atoms with Crippen molar-refractivity contribution in [3.8, 4) is 5.75 Å². The first-order valence-electron chi connectivity index (χ1n) is 8.92. The van der Waals surface area contributed by atoms with E-state index in [0.717, 1.165) is 4.47 Å². The van der Waals surface area contributed by atoms with E-state index in [0.29, 0.717) is 18.8 Å². The molecule has 1 atom stereocenters. The second-order valence-corrected chi connectivity index (χ2v) is 6.92. The molecule has 0 saturated heterocycles. The van der Waals surface area contributed by atoms with E-state index in [1.165, 1.54) is 0 Å². The molecule has 1 aliphatic heterocycles. The molecule has 2 rings (SSSR count). The van der Waals surface area contributed by atoms with Crippen LogP contribution in [0.15, 0.2) is 40.0 Å². The van der Waals surface area contributed by atoms with E-state index in [2.05, 4.69) is 26.6 Å². The fraction of sp³-hybridized carbons (Fsp3) is 0.421. The lowest BCUT2D eigenvalue weighted by molar-refractivity contribution is -0.144. The molecule has 9 heteroatoms. The highest BCUT2D eigenvalue weighted by atomic mass is 79.9. The van der Waals surface area contributed by atoms with Gasteiger partial charge in [0.1, 0.15) is 12.4 Å². The third-order valence-electron chi connectivity index (χ3n) is 3.83. The number of nitrogens with one attached hydrogen (secondary N) is 2. The maximum Gasteiger partial charge on any atom is 0.338 e. The first kappa shape index (κ1) is 21.7. The fourth-order valence-electron chi connectivity index (χ4n) is 2.58. The summed E-state index contributed by atoms with van der Waals surface area (Å²) in [5, 5.41) is 5.09. The van der Waals surface area contributed by atoms with E-state index < -0.39 is 24.0 Å². The molecule has 2 amide bonds. The monoisotopic (exact) mass is 454 g/mol. The van der Waals surface area contributed by atoms with Crippen LogP contribution in [0, 0.1) is 0 Å². The van der Waals surface area contributed by atoms with Crippen LogP contribution in [0.2, 0.25) is 0 Å². The topological polar surface area (TPSA) is 103 Å². The summed E-state index contributed by atoms with van der Waals surface area (Å²) in [6.45, 7) is 3.70. The summed E-state index contributed by atoms with van der Waals surface area (Å²) in [6.07, 6.45) is 0.622. The molecule has 0 radical (unpaired) electrons. The fourth-order valence-corrected chi connectivity index (χ4v) is 2.96. The first-order valence-corrected chi connectivity index (χ1v) is 9.71. The SMILES string of the molecule is CCOC(=O)C1=C(COC(=O)CCCOc2cccc(Br)c2)NC(=O)NC1C. The standard InChI is InChI=1S/C19H23BrN2O6/c1-3-26-18(24)17-12(2)21-19(25)22-15(17)11-28-16(23)8-5-9-27-14-7-4-6-13(20)10-14/h4,6-7,10,12H,3,5,8-9,11H2,1-2H3,(H2,21,22,25). The van der Waals surface area contributed by atoms with Crippen LogP contribution in [0.1, 0.15) is 26.7 Å². The van der Waals surface area contributed by atoms with Crippen LogP contribution < -0.4 is 15.4 Å². The zero-order valence-electron chi connectivity index (χ0n) is 15.7. The molecule has 28 heavy (non-hydrogen) atoms. The third-order valence-corrected chi connectivity index (χ3v) is 4.33. The smallest absolute Gasteiger partial charge is 0.338 e. The molecular formula is C19H23BrN2O6. The van der Waals surface area contributed by atoms with Crippen LogP contribution in [-0.2, 0) is 19.1 Å². The van der Waals surface area contributed by atoms with Crippen LogP contribution in [0.3, 0.4) is 0 Å². The third kappa shape index (κ3) is 6.56. The molecule has 0 aliphatic carbocycles. The second-order valence-electron chi connectivity index (χ2n) is 6.00. The van der Waals surface area contributed by atoms with E-state index >= 15 is 0 Å². The van der Waals surface area contributed by atoms with Gasteiger partial charge in [-0.3, -0.25) is 4.79 Å². The summed E-state index contributed by atoms with van der Waals surface area (Å²) in [6, 6.07) is 6.41. The van der Waals surface area contributed by atoms with Gasteiger partial charge in [-0.2, -0.15) is 0 Å². The second kappa shape index (κ2) is 10.7. The highest BCUT2D eigenvalue weighted by Gasteiger charge is 2.30. The van der Waals surface area contributed by atoms with Crippen molar-refractivity contribution in [2.24, 2.45) is 0 Å². The minimum atomic E-state index is -0.559. The largest absolute Gasteiger partial charge is 0.494 e. The zero-order chi connectivity index (χ0) is 20.5. The molecule has 1 aromatic rings. The van der Waals surface area contributed by atoms with Gasteiger partial charge in [-0.1, -0.05) is 22.0 Å². The Morgan fingerprint density at radius 3 is 2.75 bits per heavy atom. The molecule has 8 nitrogen and oxygen atoms in total. The van der Waals surface area contributed by atoms with Gasteiger partial charge in [0.15, 0.2) is 0 Å². The van der Waals surface area contributed by atoms with Crippen molar-refractivity contribution in [2.75, 3.05) is 19.8 Å². The Balaban J connectivity index is 1.83. The summed E-state index contributed by atoms with van der Waals surface area (Å²) >= 11 is 3.36. The number of ether oxygens (including phenoxy) is 3. The molecule has 0 saturated carbocycles. The van der Waals surface area contributed by atoms with Gasteiger partial charge in [0.25, 0.3) is 0 Å². The van der Waals surface area contributed by atoms with Gasteiger partial charge in [0.2, 0.25) is 0 Å². The Bertz CT molecular complexity index is 765. The Kier molecular flexibility index (Phi) is 8.31. The van der Waals surface area contributed by atoms with Crippen molar-refractivity contribution in [1.29, 1.82) is 0 Å². The van der Waals surface area contributed by atoms with Gasteiger partial charge in [0.05, 0.1) is 30.5 Å². The highest BCUT2D eigenvalue weighted by Crippen LogP contribution is 2.18. The molecule has 0 bridgehead atoms. The number of benzene rings is 1. The van der Waals surface area contributed by atoms with E-state index in [1.807, 2.05) is 24.3 Å². The lowest BCUT2D eigenvalue weighted by Crippen LogP contribution is -2.50. The van der Waals surface area contributed by atoms with Crippen molar-refractivity contribution in [3.63, 3.8) is 0 Å². The Labute approximate surface area is 171 Å². The summed E-state index contributed by atoms with van der Waals surface area (Å²) in [7, 11) is 0. The van der Waals surface area contributed by atoms with Crippen molar-refractivity contribution in [3.05, 3.63) is 40.0 Å². The number of halogens is 1. The Morgan fingerprint density at radius 1 is 1.25 bits per heavy atom. The molecular weight excluding hydrogens is 432 g/mol. The van der Waals surface area contributed by atoms with Crippen molar-refractivity contribution in [2.45, 2.75) is 32.7 Å². The molecule has 2 N–H and O–H groups in total. The number of hydrogen-bond acceptors (Lipinski definition) is 6. The quantitative estimate of drug-likeness (QED) is 0.439. The predicted molar refractivity (Wildman–Crippen MR) is 105 cm³/mol. The van der Waals surface area contributed by atoms with Gasteiger partial charge >= 0.3 is 18.0 Å². The minimum Gasteiger partial charge on any atom is -0.494 e. The van der Waals surface area contributed by atoms with E-state index in [9.17, 15) is 14.4 Å². The number of rotatable bonds is 9. The number of amides is 2. The van der Waals surface area contributed by atoms with Gasteiger partial charge < -0.3 is 24.8 Å². The number of esters is 2. The number of carbonyl (C=O) groups excluding carboxylic acids is 3. The number of hydrogen-bond donors (Lipinski definition) is 2. The van der Waals surface area contributed by atoms with Crippen molar-refractivity contribution in [1.82, 2.24) is 10.6 Å². The molecule has 1 unspecified atom stereocenters. The molecule has 152 valence electrons. The summed E-state index contributed by atoms with van der Waals surface area (Å²) in [5.41, 5.74) is 0.473. The average molecular weight is 455 g/mol. The summed E-state index contributed by atoms with van der Waals surface area (Å²) in [5.74, 6) is -0.302. The molecule has 0 aromatic heterocycles. The number of urea groups is 1. The average Bonchev–Trinajstić information content (AvgIpc) is 2.63. The van der Waals surface area contributed by atoms with Gasteiger partial charge in [-0.15, -0.1) is 0 Å². The van der Waals surface area contributed by atoms with E-state index in [1.54, 1.807) is 13.8 Å². The zero-order valence-corrected chi connectivity index (χ0v) is 17.3. The van der Waals surface area contributed by atoms with Gasteiger partial charge in [-0.25, -0.2) is 9.59 Å². The molecule has 0 fully saturated rings. The van der Waals surface area contributed by atoms with Crippen LogP contribution in [-0.4, -0.2) is 43.8 Å². The van der Waals surface area contributed by atoms with E-state index in [-0.39, 0.29) is 30.9 Å². The molecule has 0 spiro atoms. The number of carbonyl (C=O) groups is 3. The maximum absolute atomic E-state index is 12.1. The van der Waals surface area contributed by atoms with Crippen LogP contribution >= 0.6 is 15.9 Å². The van der Waals surface area contributed by atoms with Crippen LogP contribution in [0.5, 0.6) is 5.75 Å².